The van der Waals surface area contributed by atoms with Crippen LogP contribution in [0, 0.1) is 5.41 Å². The van der Waals surface area contributed by atoms with Crippen LogP contribution in [0.3, 0.4) is 0 Å². The van der Waals surface area contributed by atoms with Crippen LogP contribution in [-0.4, -0.2) is 143 Å². The highest BCUT2D eigenvalue weighted by Crippen LogP contribution is 2.48. The maximum Gasteiger partial charge on any atom is 0.747 e. The number of aliphatic hydroxyl groups is 1. The third-order valence-electron chi connectivity index (χ3n) is 16.9. The van der Waals surface area contributed by atoms with Crippen molar-refractivity contribution in [3.63, 3.8) is 0 Å². The number of nitrogens with one attached hydrogen (secondary N) is 2. The minimum Gasteiger partial charge on any atom is -0.493 e. The van der Waals surface area contributed by atoms with Crippen molar-refractivity contribution in [2.75, 3.05) is 62.1 Å². The molecule has 0 spiro atoms. The molecule has 9 rings (SSSR count). The smallest absolute Gasteiger partial charge is 0.493 e. The van der Waals surface area contributed by atoms with E-state index in [4.69, 9.17) is 36.1 Å². The molecule has 1 saturated heterocycles. The fourth-order valence-electron chi connectivity index (χ4n) is 12.1. The lowest BCUT2D eigenvalue weighted by Crippen LogP contribution is -2.58. The van der Waals surface area contributed by atoms with E-state index in [-0.39, 0.29) is 102 Å². The van der Waals surface area contributed by atoms with Gasteiger partial charge in [0.2, 0.25) is 17.7 Å². The van der Waals surface area contributed by atoms with E-state index in [1.165, 1.54) is 36.3 Å². The lowest BCUT2D eigenvalue weighted by atomic mass is 9.67. The predicted molar refractivity (Wildman–Crippen MR) is 323 cm³/mol. The molecule has 2 unspecified atom stereocenters. The molecule has 1 aliphatic carbocycles. The zero-order valence-electron chi connectivity index (χ0n) is 48.7. The van der Waals surface area contributed by atoms with Gasteiger partial charge < -0.3 is 51.0 Å². The number of hydrogen-bond acceptors (Lipinski definition) is 15. The quantitative estimate of drug-likeness (QED) is 0.0127. The first-order valence-corrected chi connectivity index (χ1v) is 31.2. The second kappa shape index (κ2) is 29.9. The summed E-state index contributed by atoms with van der Waals surface area (Å²) in [5.41, 5.74) is 7.34. The van der Waals surface area contributed by atoms with E-state index in [0.29, 0.717) is 138 Å². The van der Waals surface area contributed by atoms with Crippen LogP contribution >= 0.6 is 19.9 Å². The number of unbranched alkanes of at least 4 members (excludes halogenated alkanes) is 5. The standard InChI is InChI=1S/C62H73ClN7O15P.H2O/c1-82-51-33-44-47(34-52(51)83-31-11-2-4-18-53(72)69-37-41(36-63)56-43-15-6-5-14-42(43)50(35-48(56)69)85-86(80)81)70(58(76)46-17-12-30-67(46)57(44)75)61(79)84-38-40-21-19-39(20-22-40)32-49(71)45(16-7-8-27-64)66-60(78)62(25-13-26-62)59(77)65-28-9-3-10-29-68-54(73)23-24-55(68)74;/h5-6,14-15,19-24,33-35,41,45-46,58,76H,2-4,7-13,16-18,25-32,36-38,64H2,1H3,(H2-,65,66,77,78,80,81);1H2/p+1/t41-,45+,46+,58?;/m1./s1. The minimum atomic E-state index is -2.96. The van der Waals surface area contributed by atoms with Crippen LogP contribution in [0.5, 0.6) is 17.2 Å². The molecular formula is C62H76ClN7O16P+. The van der Waals surface area contributed by atoms with Gasteiger partial charge in [-0.05, 0) is 118 Å². The van der Waals surface area contributed by atoms with Gasteiger partial charge in [-0.1, -0.05) is 55.0 Å². The van der Waals surface area contributed by atoms with E-state index in [1.807, 2.05) is 12.1 Å². The second-order valence-corrected chi connectivity index (χ2v) is 23.4. The molecule has 1 saturated carbocycles. The summed E-state index contributed by atoms with van der Waals surface area (Å²) in [6.07, 6.45) is 7.65. The number of benzene rings is 4. The van der Waals surface area contributed by atoms with Crippen molar-refractivity contribution in [1.29, 1.82) is 0 Å². The van der Waals surface area contributed by atoms with Crippen LogP contribution in [0.4, 0.5) is 16.2 Å². The van der Waals surface area contributed by atoms with Gasteiger partial charge in [0.25, 0.3) is 17.7 Å². The van der Waals surface area contributed by atoms with Gasteiger partial charge in [-0.3, -0.25) is 38.5 Å². The number of halogens is 1. The second-order valence-electron chi connectivity index (χ2n) is 22.4. The number of fused-ring (bicyclic) bond motifs is 5. The van der Waals surface area contributed by atoms with E-state index in [2.05, 4.69) is 10.6 Å². The zero-order chi connectivity index (χ0) is 61.1. The Hall–Kier alpha value is -7.53. The average molecular weight is 1240 g/mol. The highest BCUT2D eigenvalue weighted by Gasteiger charge is 2.51. The number of carbonyl (C=O) groups is 8. The van der Waals surface area contributed by atoms with E-state index in [1.54, 1.807) is 52.3 Å². The summed E-state index contributed by atoms with van der Waals surface area (Å²) in [5.74, 6) is -1.60. The molecule has 466 valence electrons. The van der Waals surface area contributed by atoms with Crippen molar-refractivity contribution in [2.45, 2.75) is 134 Å². The molecule has 0 radical (unpaired) electrons. The molecule has 4 heterocycles. The number of amides is 7. The van der Waals surface area contributed by atoms with E-state index in [0.717, 1.165) is 15.8 Å². The first kappa shape index (κ1) is 65.4. The van der Waals surface area contributed by atoms with Crippen LogP contribution in [0.2, 0.25) is 0 Å². The molecule has 8 N–H and O–H groups in total. The Balaban J connectivity index is 0.00000982. The SMILES string of the molecule is COc1cc2c(cc1OCCCCCC(=O)N1C[C@@H](CCl)c3c1cc(O[P+](=O)O)c1ccccc31)N(C(=O)OCc1ccc(CC(=O)[C@H](CCCCN)NC(=O)C3(C(=O)NCCCCCN4C(=O)C=CC4=O)CCC3)cc1)C(O)[C@@H]1CCCN1C2=O.O. The molecule has 4 aliphatic heterocycles. The maximum atomic E-state index is 14.3. The monoisotopic (exact) mass is 1240 g/mol. The third-order valence-corrected chi connectivity index (χ3v) is 17.7. The Labute approximate surface area is 510 Å². The summed E-state index contributed by atoms with van der Waals surface area (Å²) < 4.78 is 34.8. The van der Waals surface area contributed by atoms with Gasteiger partial charge in [-0.2, -0.15) is 0 Å². The predicted octanol–water partition coefficient (Wildman–Crippen LogP) is 6.55. The first-order chi connectivity index (χ1) is 41.6. The van der Waals surface area contributed by atoms with Gasteiger partial charge in [0, 0.05) is 85.1 Å². The van der Waals surface area contributed by atoms with E-state index >= 15 is 0 Å². The van der Waals surface area contributed by atoms with Crippen LogP contribution in [0.15, 0.2) is 78.9 Å². The Morgan fingerprint density at radius 2 is 1.55 bits per heavy atom. The summed E-state index contributed by atoms with van der Waals surface area (Å²) >= 11 is 6.42. The zero-order valence-corrected chi connectivity index (χ0v) is 50.3. The number of aliphatic hydroxyl groups excluding tert-OH is 1. The molecule has 5 aliphatic rings. The van der Waals surface area contributed by atoms with Crippen molar-refractivity contribution in [2.24, 2.45) is 11.1 Å². The molecule has 0 bridgehead atoms. The third kappa shape index (κ3) is 14.7. The lowest BCUT2D eigenvalue weighted by molar-refractivity contribution is -0.151. The van der Waals surface area contributed by atoms with E-state index < -0.39 is 55.8 Å². The Bertz CT molecular complexity index is 3250. The summed E-state index contributed by atoms with van der Waals surface area (Å²) in [5, 5.41) is 19.2. The number of rotatable bonds is 29. The molecule has 2 fully saturated rings. The first-order valence-electron chi connectivity index (χ1n) is 29.6. The van der Waals surface area contributed by atoms with Gasteiger partial charge in [0.15, 0.2) is 29.3 Å². The molecule has 7 amide bonds. The Morgan fingerprint density at radius 1 is 0.839 bits per heavy atom. The van der Waals surface area contributed by atoms with Crippen molar-refractivity contribution in [1.82, 2.24) is 20.4 Å². The molecule has 4 aromatic rings. The number of anilines is 2. The maximum absolute atomic E-state index is 14.3. The number of alkyl halides is 1. The van der Waals surface area contributed by atoms with Crippen molar-refractivity contribution >= 4 is 89.3 Å². The van der Waals surface area contributed by atoms with Gasteiger partial charge in [-0.15, -0.1) is 16.5 Å². The average Bonchev–Trinajstić information content (AvgIpc) is 1.80. The topological polar surface area (TPSA) is 326 Å². The highest BCUT2D eigenvalue weighted by atomic mass is 35.5. The normalized spacial score (nSPS) is 18.7. The summed E-state index contributed by atoms with van der Waals surface area (Å²) in [7, 11) is -1.52. The molecular weight excluding hydrogens is 1170 g/mol. The van der Waals surface area contributed by atoms with Crippen LogP contribution < -0.4 is 40.2 Å². The van der Waals surface area contributed by atoms with Crippen molar-refractivity contribution in [3.05, 3.63) is 101 Å². The summed E-state index contributed by atoms with van der Waals surface area (Å²) in [6.45, 7) is 1.67. The number of imide groups is 1. The van der Waals surface area contributed by atoms with Gasteiger partial charge in [0.05, 0.1) is 42.7 Å². The molecule has 87 heavy (non-hydrogen) atoms. The van der Waals surface area contributed by atoms with Gasteiger partial charge in [-0.25, -0.2) is 14.2 Å². The fraction of sp³-hybridized carbons (Fsp3) is 0.484. The number of nitrogens with zero attached hydrogens (tertiary/aromatic N) is 4. The number of hydrogen-bond donors (Lipinski definition) is 5. The lowest BCUT2D eigenvalue weighted by Gasteiger charge is -2.39. The van der Waals surface area contributed by atoms with Gasteiger partial charge >= 0.3 is 14.3 Å². The number of nitrogens with two attached hydrogens (primary N) is 1. The number of ether oxygens (including phenoxy) is 3. The minimum absolute atomic E-state index is 0. The van der Waals surface area contributed by atoms with E-state index in [9.17, 15) is 52.9 Å². The Kier molecular flexibility index (Phi) is 22.5. The Morgan fingerprint density at radius 3 is 2.24 bits per heavy atom. The van der Waals surface area contributed by atoms with Crippen molar-refractivity contribution < 1.29 is 77.1 Å². The molecule has 5 atom stereocenters. The number of Topliss-reactive ketones (excluding diaryl/α,β-unsaturated/α-hetero) is 1. The summed E-state index contributed by atoms with van der Waals surface area (Å²) in [4.78, 5) is 122. The van der Waals surface area contributed by atoms with Crippen LogP contribution in [0.25, 0.3) is 10.8 Å². The number of ketones is 1. The molecule has 23 nitrogen and oxygen atoms in total. The fourth-order valence-corrected chi connectivity index (χ4v) is 12.7. The molecule has 25 heteroatoms. The molecule has 4 aromatic carbocycles. The number of methoxy groups -OCH3 is 1. The van der Waals surface area contributed by atoms with Gasteiger partial charge in [0.1, 0.15) is 12.0 Å². The van der Waals surface area contributed by atoms with Crippen molar-refractivity contribution in [3.8, 4) is 17.2 Å². The van der Waals surface area contributed by atoms with Crippen LogP contribution in [0.1, 0.15) is 129 Å². The largest absolute Gasteiger partial charge is 0.747 e. The molecule has 0 aromatic heterocycles. The van der Waals surface area contributed by atoms with Crippen LogP contribution in [-0.2, 0) is 51.1 Å². The number of carbonyl (C=O) groups excluding carboxylic acids is 8. The summed E-state index contributed by atoms with van der Waals surface area (Å²) in [6, 6.07) is 17.2. The highest BCUT2D eigenvalue weighted by molar-refractivity contribution is 7.32.